The third-order valence-electron chi connectivity index (χ3n) is 5.06. The van der Waals surface area contributed by atoms with Gasteiger partial charge < -0.3 is 10.1 Å². The Morgan fingerprint density at radius 3 is 2.76 bits per heavy atom. The molecule has 0 fully saturated rings. The highest BCUT2D eigenvalue weighted by molar-refractivity contribution is 7.89. The van der Waals surface area contributed by atoms with Crippen molar-refractivity contribution >= 4 is 42.6 Å². The number of anilines is 1. The fraction of sp³-hybridized carbons (Fsp3) is 0.300. The summed E-state index contributed by atoms with van der Waals surface area (Å²) in [5.41, 5.74) is 2.67. The molecule has 1 N–H and O–H groups in total. The molecule has 0 saturated carbocycles. The summed E-state index contributed by atoms with van der Waals surface area (Å²) in [4.78, 5) is 17.5. The molecule has 9 heteroatoms. The topological polar surface area (TPSA) is 88.6 Å². The van der Waals surface area contributed by atoms with Crippen LogP contribution >= 0.6 is 11.3 Å². The molecule has 1 aliphatic rings. The summed E-state index contributed by atoms with van der Waals surface area (Å²) in [6, 6.07) is 12.3. The van der Waals surface area contributed by atoms with Crippen LogP contribution in [0.4, 0.5) is 5.13 Å². The van der Waals surface area contributed by atoms with Crippen molar-refractivity contribution in [1.29, 1.82) is 0 Å². The first kappa shape index (κ1) is 19.8. The molecule has 4 rings (SSSR count). The van der Waals surface area contributed by atoms with Crippen LogP contribution in [0.25, 0.3) is 10.2 Å². The minimum Gasteiger partial charge on any atom is -0.497 e. The molecule has 152 valence electrons. The van der Waals surface area contributed by atoms with E-state index in [9.17, 15) is 13.2 Å². The number of hydrogen-bond acceptors (Lipinski definition) is 6. The number of nitrogens with zero attached hydrogens (tertiary/aromatic N) is 2. The van der Waals surface area contributed by atoms with Crippen LogP contribution in [0.15, 0.2) is 42.5 Å². The Hall–Kier alpha value is -2.49. The Bertz CT molecular complexity index is 1170. The van der Waals surface area contributed by atoms with Gasteiger partial charge in [-0.2, -0.15) is 4.31 Å². The van der Waals surface area contributed by atoms with Crippen LogP contribution in [-0.2, 0) is 27.8 Å². The van der Waals surface area contributed by atoms with Gasteiger partial charge in [-0.1, -0.05) is 35.6 Å². The second kappa shape index (κ2) is 7.74. The third kappa shape index (κ3) is 3.85. The number of carbonyl (C=O) groups is 1. The lowest BCUT2D eigenvalue weighted by Crippen LogP contribution is -2.51. The van der Waals surface area contributed by atoms with E-state index < -0.39 is 16.1 Å². The van der Waals surface area contributed by atoms with Gasteiger partial charge in [-0.25, -0.2) is 13.4 Å². The van der Waals surface area contributed by atoms with E-state index in [1.165, 1.54) is 15.6 Å². The summed E-state index contributed by atoms with van der Waals surface area (Å²) in [6.45, 7) is 1.78. The number of aromatic nitrogens is 1. The van der Waals surface area contributed by atoms with E-state index in [0.717, 1.165) is 21.3 Å². The van der Waals surface area contributed by atoms with Crippen LogP contribution in [0.2, 0.25) is 0 Å². The maximum absolute atomic E-state index is 13.1. The zero-order valence-electron chi connectivity index (χ0n) is 16.1. The van der Waals surface area contributed by atoms with Crippen molar-refractivity contribution in [2.24, 2.45) is 0 Å². The van der Waals surface area contributed by atoms with Gasteiger partial charge in [0.05, 0.1) is 23.1 Å². The van der Waals surface area contributed by atoms with Crippen molar-refractivity contribution in [2.75, 3.05) is 18.2 Å². The molecule has 0 unspecified atom stereocenters. The number of fused-ring (bicyclic) bond motifs is 2. The molecule has 29 heavy (non-hydrogen) atoms. The summed E-state index contributed by atoms with van der Waals surface area (Å²) in [5, 5.41) is 3.25. The molecule has 2 heterocycles. The first-order chi connectivity index (χ1) is 13.9. The van der Waals surface area contributed by atoms with Crippen LogP contribution in [0.5, 0.6) is 5.75 Å². The molecule has 1 amide bonds. The Labute approximate surface area is 173 Å². The van der Waals surface area contributed by atoms with Crippen molar-refractivity contribution in [3.05, 3.63) is 53.6 Å². The highest BCUT2D eigenvalue weighted by atomic mass is 32.2. The molecule has 1 atom stereocenters. The van der Waals surface area contributed by atoms with Gasteiger partial charge in [0.2, 0.25) is 15.9 Å². The quantitative estimate of drug-likeness (QED) is 0.671. The summed E-state index contributed by atoms with van der Waals surface area (Å²) in [6.07, 6.45) is 0.333. The second-order valence-electron chi connectivity index (χ2n) is 6.78. The molecule has 0 spiro atoms. The molecule has 7 nitrogen and oxygen atoms in total. The molecule has 0 radical (unpaired) electrons. The predicted octanol–water partition coefficient (Wildman–Crippen LogP) is 3.02. The van der Waals surface area contributed by atoms with Gasteiger partial charge in [-0.15, -0.1) is 0 Å². The van der Waals surface area contributed by atoms with Crippen molar-refractivity contribution in [3.8, 4) is 5.75 Å². The van der Waals surface area contributed by atoms with E-state index in [2.05, 4.69) is 10.3 Å². The van der Waals surface area contributed by atoms with Crippen molar-refractivity contribution in [2.45, 2.75) is 25.9 Å². The number of benzene rings is 2. The average molecular weight is 432 g/mol. The SMILES string of the molecule is CCS(=O)(=O)N1Cc2ccccc2C[C@@H]1C(=O)Nc1nc2ccc(OC)cc2s1. The summed E-state index contributed by atoms with van der Waals surface area (Å²) < 4.78 is 32.7. The summed E-state index contributed by atoms with van der Waals surface area (Å²) >= 11 is 1.33. The van der Waals surface area contributed by atoms with E-state index in [0.29, 0.717) is 17.3 Å². The lowest BCUT2D eigenvalue weighted by atomic mass is 9.95. The van der Waals surface area contributed by atoms with E-state index in [1.807, 2.05) is 36.4 Å². The molecule has 0 aliphatic carbocycles. The standard InChI is InChI=1S/C20H21N3O4S2/c1-3-29(25,26)23-12-14-7-5-4-6-13(14)10-17(23)19(24)22-20-21-16-9-8-15(27-2)11-18(16)28-20/h4-9,11,17H,3,10,12H2,1-2H3,(H,21,22,24)/t17-/m1/s1. The van der Waals surface area contributed by atoms with E-state index >= 15 is 0 Å². The smallest absolute Gasteiger partial charge is 0.244 e. The van der Waals surface area contributed by atoms with Crippen LogP contribution in [0.1, 0.15) is 18.1 Å². The second-order valence-corrected chi connectivity index (χ2v) is 10.0. The average Bonchev–Trinajstić information content (AvgIpc) is 3.13. The first-order valence-electron chi connectivity index (χ1n) is 9.23. The maximum atomic E-state index is 13.1. The number of sulfonamides is 1. The zero-order chi connectivity index (χ0) is 20.6. The number of rotatable bonds is 5. The molecule has 3 aromatic rings. The van der Waals surface area contributed by atoms with E-state index in [1.54, 1.807) is 20.1 Å². The fourth-order valence-corrected chi connectivity index (χ4v) is 5.58. The fourth-order valence-electron chi connectivity index (χ4n) is 3.45. The third-order valence-corrected chi connectivity index (χ3v) is 7.82. The Balaban J connectivity index is 1.63. The predicted molar refractivity (Wildman–Crippen MR) is 114 cm³/mol. The van der Waals surface area contributed by atoms with Gasteiger partial charge in [-0.05, 0) is 42.7 Å². The summed E-state index contributed by atoms with van der Waals surface area (Å²) in [5.74, 6) is 0.283. The van der Waals surface area contributed by atoms with Gasteiger partial charge in [0.25, 0.3) is 0 Å². The number of amides is 1. The highest BCUT2D eigenvalue weighted by Crippen LogP contribution is 2.31. The molecule has 0 saturated heterocycles. The van der Waals surface area contributed by atoms with Crippen LogP contribution in [-0.4, -0.2) is 42.5 Å². The van der Waals surface area contributed by atoms with Gasteiger partial charge in [0.15, 0.2) is 5.13 Å². The maximum Gasteiger partial charge on any atom is 0.244 e. The molecule has 1 aromatic heterocycles. The Kier molecular flexibility index (Phi) is 5.28. The van der Waals surface area contributed by atoms with Gasteiger partial charge >= 0.3 is 0 Å². The van der Waals surface area contributed by atoms with Gasteiger partial charge in [0, 0.05) is 6.54 Å². The lowest BCUT2D eigenvalue weighted by Gasteiger charge is -2.34. The van der Waals surface area contributed by atoms with Crippen LogP contribution in [0.3, 0.4) is 0 Å². The number of nitrogens with one attached hydrogen (secondary N) is 1. The normalized spacial score (nSPS) is 17.1. The molecule has 2 aromatic carbocycles. The van der Waals surface area contributed by atoms with Gasteiger partial charge in [-0.3, -0.25) is 4.79 Å². The minimum atomic E-state index is -3.55. The molecule has 0 bridgehead atoms. The van der Waals surface area contributed by atoms with Gasteiger partial charge in [0.1, 0.15) is 11.8 Å². The van der Waals surface area contributed by atoms with Crippen molar-refractivity contribution < 1.29 is 17.9 Å². The highest BCUT2D eigenvalue weighted by Gasteiger charge is 2.38. The monoisotopic (exact) mass is 431 g/mol. The zero-order valence-corrected chi connectivity index (χ0v) is 17.7. The lowest BCUT2D eigenvalue weighted by molar-refractivity contribution is -0.120. The molecular formula is C20H21N3O4S2. The Morgan fingerprint density at radius 2 is 2.03 bits per heavy atom. The number of hydrogen-bond donors (Lipinski definition) is 1. The number of ether oxygens (including phenoxy) is 1. The molecule has 1 aliphatic heterocycles. The van der Waals surface area contributed by atoms with Crippen molar-refractivity contribution in [3.63, 3.8) is 0 Å². The van der Waals surface area contributed by atoms with Crippen molar-refractivity contribution in [1.82, 2.24) is 9.29 Å². The van der Waals surface area contributed by atoms with E-state index in [4.69, 9.17) is 4.74 Å². The number of carbonyl (C=O) groups excluding carboxylic acids is 1. The number of thiazole rings is 1. The van der Waals surface area contributed by atoms with E-state index in [-0.39, 0.29) is 18.2 Å². The number of methoxy groups -OCH3 is 1. The largest absolute Gasteiger partial charge is 0.497 e. The van der Waals surface area contributed by atoms with Crippen LogP contribution < -0.4 is 10.1 Å². The minimum absolute atomic E-state index is 0.0557. The molecular weight excluding hydrogens is 410 g/mol. The van der Waals surface area contributed by atoms with Crippen LogP contribution in [0, 0.1) is 0 Å². The summed E-state index contributed by atoms with van der Waals surface area (Å²) in [7, 11) is -1.95. The first-order valence-corrected chi connectivity index (χ1v) is 11.7. The Morgan fingerprint density at radius 1 is 1.28 bits per heavy atom.